The molecule has 3 rings (SSSR count). The average Bonchev–Trinajstić information content (AvgIpc) is 2.98. The standard InChI is InChI=1S/C14H24N4O/c1-2-18-10-4-3-5-12(18)13-16-14(19-17-13)11-6-8-15-9-7-11/h11-12,15H,2-10H2,1H3. The summed E-state index contributed by atoms with van der Waals surface area (Å²) in [5.74, 6) is 2.23. The molecule has 3 heterocycles. The van der Waals surface area contributed by atoms with E-state index in [0.717, 1.165) is 44.2 Å². The van der Waals surface area contributed by atoms with Crippen molar-refractivity contribution in [2.45, 2.75) is 51.0 Å². The van der Waals surface area contributed by atoms with Crippen LogP contribution < -0.4 is 5.32 Å². The van der Waals surface area contributed by atoms with E-state index in [2.05, 4.69) is 22.3 Å². The number of aromatic nitrogens is 2. The van der Waals surface area contributed by atoms with Crippen molar-refractivity contribution in [2.24, 2.45) is 0 Å². The van der Waals surface area contributed by atoms with Crippen LogP contribution in [0.15, 0.2) is 4.52 Å². The molecule has 106 valence electrons. The summed E-state index contributed by atoms with van der Waals surface area (Å²) in [4.78, 5) is 7.18. The molecule has 0 aliphatic carbocycles. The third-order valence-corrected chi connectivity index (χ3v) is 4.46. The van der Waals surface area contributed by atoms with E-state index in [4.69, 9.17) is 9.51 Å². The first-order valence-electron chi connectivity index (χ1n) is 7.66. The topological polar surface area (TPSA) is 54.2 Å². The summed E-state index contributed by atoms with van der Waals surface area (Å²) in [6.45, 7) is 6.58. The minimum atomic E-state index is 0.373. The van der Waals surface area contributed by atoms with Crippen LogP contribution in [0.4, 0.5) is 0 Å². The van der Waals surface area contributed by atoms with Crippen molar-refractivity contribution < 1.29 is 4.52 Å². The Labute approximate surface area is 114 Å². The van der Waals surface area contributed by atoms with Crippen molar-refractivity contribution in [3.05, 3.63) is 11.7 Å². The van der Waals surface area contributed by atoms with Gasteiger partial charge in [0.25, 0.3) is 0 Å². The fraction of sp³-hybridized carbons (Fsp3) is 0.857. The molecule has 1 aromatic rings. The van der Waals surface area contributed by atoms with Gasteiger partial charge in [0.2, 0.25) is 5.89 Å². The van der Waals surface area contributed by atoms with Crippen molar-refractivity contribution in [3.8, 4) is 0 Å². The second-order valence-corrected chi connectivity index (χ2v) is 5.66. The summed E-state index contributed by atoms with van der Waals surface area (Å²) in [7, 11) is 0. The van der Waals surface area contributed by atoms with Crippen LogP contribution in [-0.2, 0) is 0 Å². The average molecular weight is 264 g/mol. The van der Waals surface area contributed by atoms with Gasteiger partial charge in [0.15, 0.2) is 5.82 Å². The molecule has 5 nitrogen and oxygen atoms in total. The Morgan fingerprint density at radius 1 is 1.26 bits per heavy atom. The first kappa shape index (κ1) is 13.1. The maximum Gasteiger partial charge on any atom is 0.229 e. The lowest BCUT2D eigenvalue weighted by Crippen LogP contribution is -2.33. The van der Waals surface area contributed by atoms with Gasteiger partial charge in [-0.1, -0.05) is 18.5 Å². The number of piperidine rings is 2. The van der Waals surface area contributed by atoms with Crippen LogP contribution in [0.3, 0.4) is 0 Å². The molecule has 2 aliphatic heterocycles. The van der Waals surface area contributed by atoms with Gasteiger partial charge in [-0.25, -0.2) is 0 Å². The van der Waals surface area contributed by atoms with E-state index in [1.807, 2.05) is 0 Å². The Morgan fingerprint density at radius 2 is 2.11 bits per heavy atom. The maximum atomic E-state index is 5.53. The molecule has 19 heavy (non-hydrogen) atoms. The second kappa shape index (κ2) is 6.01. The highest BCUT2D eigenvalue weighted by molar-refractivity contribution is 5.01. The molecule has 1 unspecified atom stereocenters. The molecule has 0 amide bonds. The van der Waals surface area contributed by atoms with Gasteiger partial charge in [0.05, 0.1) is 6.04 Å². The first-order valence-corrected chi connectivity index (χ1v) is 7.66. The maximum absolute atomic E-state index is 5.53. The smallest absolute Gasteiger partial charge is 0.229 e. The SMILES string of the molecule is CCN1CCCCC1c1noc(C2CCNCC2)n1. The third kappa shape index (κ3) is 2.82. The van der Waals surface area contributed by atoms with Crippen LogP contribution in [0.1, 0.15) is 62.7 Å². The number of hydrogen-bond acceptors (Lipinski definition) is 5. The van der Waals surface area contributed by atoms with Crippen LogP contribution in [0, 0.1) is 0 Å². The normalized spacial score (nSPS) is 26.7. The fourth-order valence-electron chi connectivity index (χ4n) is 3.28. The molecule has 2 saturated heterocycles. The van der Waals surface area contributed by atoms with Gasteiger partial charge in [-0.15, -0.1) is 0 Å². The van der Waals surface area contributed by atoms with Crippen LogP contribution >= 0.6 is 0 Å². The minimum Gasteiger partial charge on any atom is -0.339 e. The summed E-state index contributed by atoms with van der Waals surface area (Å²) in [6, 6.07) is 0.373. The molecule has 0 radical (unpaired) electrons. The van der Waals surface area contributed by atoms with Gasteiger partial charge >= 0.3 is 0 Å². The number of likely N-dealkylation sites (tertiary alicyclic amines) is 1. The Hall–Kier alpha value is -0.940. The first-order chi connectivity index (χ1) is 9.38. The van der Waals surface area contributed by atoms with Gasteiger partial charge in [0, 0.05) is 5.92 Å². The van der Waals surface area contributed by atoms with Gasteiger partial charge < -0.3 is 9.84 Å². The van der Waals surface area contributed by atoms with Gasteiger partial charge in [-0.3, -0.25) is 4.90 Å². The minimum absolute atomic E-state index is 0.373. The van der Waals surface area contributed by atoms with Crippen LogP contribution in [0.2, 0.25) is 0 Å². The molecule has 0 spiro atoms. The van der Waals surface area contributed by atoms with E-state index >= 15 is 0 Å². The molecular weight excluding hydrogens is 240 g/mol. The number of hydrogen-bond donors (Lipinski definition) is 1. The van der Waals surface area contributed by atoms with Gasteiger partial charge in [-0.2, -0.15) is 4.98 Å². The van der Waals surface area contributed by atoms with Gasteiger partial charge in [-0.05, 0) is 51.9 Å². The van der Waals surface area contributed by atoms with E-state index in [1.54, 1.807) is 0 Å². The molecule has 1 aromatic heterocycles. The molecule has 2 aliphatic rings. The molecule has 0 aromatic carbocycles. The molecule has 0 saturated carbocycles. The van der Waals surface area contributed by atoms with Crippen molar-refractivity contribution >= 4 is 0 Å². The Bertz CT molecular complexity index is 400. The zero-order valence-electron chi connectivity index (χ0n) is 11.8. The van der Waals surface area contributed by atoms with Crippen molar-refractivity contribution in [3.63, 3.8) is 0 Å². The van der Waals surface area contributed by atoms with E-state index in [1.165, 1.54) is 25.8 Å². The number of nitrogens with zero attached hydrogens (tertiary/aromatic N) is 3. The van der Waals surface area contributed by atoms with Gasteiger partial charge in [0.1, 0.15) is 0 Å². The second-order valence-electron chi connectivity index (χ2n) is 5.66. The van der Waals surface area contributed by atoms with E-state index in [0.29, 0.717) is 12.0 Å². The molecule has 1 atom stereocenters. The van der Waals surface area contributed by atoms with Crippen LogP contribution in [0.25, 0.3) is 0 Å². The Balaban J connectivity index is 1.72. The quantitative estimate of drug-likeness (QED) is 0.906. The summed E-state index contributed by atoms with van der Waals surface area (Å²) in [5, 5.41) is 7.64. The van der Waals surface area contributed by atoms with Crippen molar-refractivity contribution in [1.82, 2.24) is 20.4 Å². The van der Waals surface area contributed by atoms with E-state index in [9.17, 15) is 0 Å². The molecule has 2 fully saturated rings. The summed E-state index contributed by atoms with van der Waals surface area (Å²) < 4.78 is 5.53. The molecule has 1 N–H and O–H groups in total. The Kier molecular flexibility index (Phi) is 4.13. The van der Waals surface area contributed by atoms with E-state index < -0.39 is 0 Å². The third-order valence-electron chi connectivity index (χ3n) is 4.46. The lowest BCUT2D eigenvalue weighted by atomic mass is 9.98. The number of nitrogens with one attached hydrogen (secondary N) is 1. The zero-order valence-corrected chi connectivity index (χ0v) is 11.8. The number of rotatable bonds is 3. The molecule has 0 bridgehead atoms. The zero-order chi connectivity index (χ0) is 13.1. The summed E-state index contributed by atoms with van der Waals surface area (Å²) >= 11 is 0. The molecule has 5 heteroatoms. The van der Waals surface area contributed by atoms with Crippen LogP contribution in [-0.4, -0.2) is 41.2 Å². The van der Waals surface area contributed by atoms with E-state index in [-0.39, 0.29) is 0 Å². The molecular formula is C14H24N4O. The summed E-state index contributed by atoms with van der Waals surface area (Å²) in [5.41, 5.74) is 0. The lowest BCUT2D eigenvalue weighted by molar-refractivity contribution is 0.147. The van der Waals surface area contributed by atoms with Crippen LogP contribution in [0.5, 0.6) is 0 Å². The monoisotopic (exact) mass is 264 g/mol. The highest BCUT2D eigenvalue weighted by Gasteiger charge is 2.28. The highest BCUT2D eigenvalue weighted by Crippen LogP contribution is 2.31. The highest BCUT2D eigenvalue weighted by atomic mass is 16.5. The fourth-order valence-corrected chi connectivity index (χ4v) is 3.28. The largest absolute Gasteiger partial charge is 0.339 e. The Morgan fingerprint density at radius 3 is 2.89 bits per heavy atom. The summed E-state index contributed by atoms with van der Waals surface area (Å²) in [6.07, 6.45) is 5.97. The van der Waals surface area contributed by atoms with Crippen molar-refractivity contribution in [1.29, 1.82) is 0 Å². The van der Waals surface area contributed by atoms with Crippen molar-refractivity contribution in [2.75, 3.05) is 26.2 Å². The lowest BCUT2D eigenvalue weighted by Gasteiger charge is -2.32. The predicted octanol–water partition coefficient (Wildman–Crippen LogP) is 2.08. The predicted molar refractivity (Wildman–Crippen MR) is 73.0 cm³/mol.